The Bertz CT molecular complexity index is 2690. The van der Waals surface area contributed by atoms with E-state index in [2.05, 4.69) is 184 Å². The number of anilines is 5. The molecule has 9 heteroatoms. The fraction of sp³-hybridized carbons (Fsp3) is 0.344. The molecule has 0 saturated carbocycles. The number of benzene rings is 5. The molecule has 70 heavy (non-hydrogen) atoms. The van der Waals surface area contributed by atoms with E-state index >= 15 is 0 Å². The third-order valence-corrected chi connectivity index (χ3v) is 13.1. The lowest BCUT2D eigenvalue weighted by molar-refractivity contribution is -0.420. The van der Waals surface area contributed by atoms with Crippen molar-refractivity contribution in [3.63, 3.8) is 0 Å². The number of rotatable bonds is 14. The smallest absolute Gasteiger partial charge is 0.311 e. The molecule has 8 nitrogen and oxygen atoms in total. The molecule has 0 aliphatic rings. The fourth-order valence-corrected chi connectivity index (χ4v) is 9.05. The van der Waals surface area contributed by atoms with Gasteiger partial charge in [-0.1, -0.05) is 183 Å². The Morgan fingerprint density at radius 1 is 0.571 bits per heavy atom. The van der Waals surface area contributed by atoms with Gasteiger partial charge in [0.25, 0.3) is 0 Å². The lowest BCUT2D eigenvalue weighted by Crippen LogP contribution is -2.15. The summed E-state index contributed by atoms with van der Waals surface area (Å²) in [5.41, 5.74) is 10.3. The van der Waals surface area contributed by atoms with Crippen LogP contribution in [0.2, 0.25) is 0 Å². The van der Waals surface area contributed by atoms with Crippen LogP contribution in [0.25, 0.3) is 20.9 Å². The van der Waals surface area contributed by atoms with Crippen molar-refractivity contribution in [1.29, 1.82) is 0 Å². The number of hydrogen-bond acceptors (Lipinski definition) is 7. The molecule has 0 unspecified atom stereocenters. The van der Waals surface area contributed by atoms with Crippen LogP contribution in [0.5, 0.6) is 0 Å². The highest BCUT2D eigenvalue weighted by Gasteiger charge is 2.38. The minimum Gasteiger partial charge on any atom is -0.311 e. The molecule has 0 radical (unpaired) electrons. The van der Waals surface area contributed by atoms with Gasteiger partial charge in [0.2, 0.25) is 0 Å². The second-order valence-electron chi connectivity index (χ2n) is 20.6. The van der Waals surface area contributed by atoms with Crippen molar-refractivity contribution < 1.29 is 9.85 Å². The van der Waals surface area contributed by atoms with Crippen LogP contribution < -0.4 is 9.80 Å². The number of thiophene rings is 1. The van der Waals surface area contributed by atoms with Gasteiger partial charge in [0, 0.05) is 34.1 Å². The molecule has 5 aromatic carbocycles. The Hall–Kier alpha value is -6.58. The van der Waals surface area contributed by atoms with E-state index in [1.165, 1.54) is 22.3 Å². The zero-order valence-corrected chi connectivity index (χ0v) is 45.4. The van der Waals surface area contributed by atoms with Crippen molar-refractivity contribution in [3.05, 3.63) is 194 Å². The molecule has 0 amide bonds. The summed E-state index contributed by atoms with van der Waals surface area (Å²) >= 11 is 1.06. The molecular formula is C61H76N4O4S. The van der Waals surface area contributed by atoms with Gasteiger partial charge in [0.15, 0.2) is 0 Å². The molecule has 1 heterocycles. The fourth-order valence-electron chi connectivity index (χ4n) is 7.80. The summed E-state index contributed by atoms with van der Waals surface area (Å²) in [6.07, 6.45) is 6.90. The monoisotopic (exact) mass is 961 g/mol. The summed E-state index contributed by atoms with van der Waals surface area (Å²) < 4.78 is 0. The minimum absolute atomic E-state index is 0.0201. The molecule has 0 atom stereocenters. The Morgan fingerprint density at radius 3 is 1.23 bits per heavy atom. The summed E-state index contributed by atoms with van der Waals surface area (Å²) in [6.45, 7) is 38.4. The molecule has 0 spiro atoms. The average Bonchev–Trinajstić information content (AvgIpc) is 3.74. The maximum absolute atomic E-state index is 12.8. The number of hydrogen-bond donors (Lipinski definition) is 0. The van der Waals surface area contributed by atoms with Gasteiger partial charge in [-0.3, -0.25) is 20.2 Å². The lowest BCUT2D eigenvalue weighted by atomic mass is 9.86. The van der Waals surface area contributed by atoms with Gasteiger partial charge in [0.1, 0.15) is 9.75 Å². The molecule has 0 saturated heterocycles. The van der Waals surface area contributed by atoms with Gasteiger partial charge in [-0.15, -0.1) is 11.3 Å². The third kappa shape index (κ3) is 13.8. The van der Waals surface area contributed by atoms with Crippen LogP contribution >= 0.6 is 11.3 Å². The van der Waals surface area contributed by atoms with Gasteiger partial charge in [0.05, 0.1) is 9.85 Å². The van der Waals surface area contributed by atoms with Crippen LogP contribution in [-0.2, 0) is 17.3 Å². The summed E-state index contributed by atoms with van der Waals surface area (Å²) in [7, 11) is 0. The summed E-state index contributed by atoms with van der Waals surface area (Å²) in [4.78, 5) is 29.1. The van der Waals surface area contributed by atoms with Crippen LogP contribution in [0, 0.1) is 31.6 Å². The molecule has 6 aromatic rings. The van der Waals surface area contributed by atoms with E-state index in [0.29, 0.717) is 17.0 Å². The maximum Gasteiger partial charge on any atom is 0.365 e. The van der Waals surface area contributed by atoms with Crippen LogP contribution in [0.15, 0.2) is 157 Å². The standard InChI is InChI=1S/C57H64N4O4S.2C2H6/c1-14-45(26-15-39(4)38(2)3)58(46-27-16-40(17-28-46)37-55(5,6)7)47-29-18-41(19-30-47)53-51(60(62)63)52(61(64)65)54(66-53)42-20-31-48(32-21-42)59(49-33-22-43(23-34-49)56(8,9)10)50-35-24-44(25-36-50)57(11,12)13;2*1-2/h14-36,38H,1,37H2,2-13H3;2*1-2H3/b39-15+,45-26+;;. The maximum atomic E-state index is 12.8. The molecular weight excluding hydrogens is 885 g/mol. The molecule has 0 fully saturated rings. The van der Waals surface area contributed by atoms with E-state index in [4.69, 9.17) is 0 Å². The highest BCUT2D eigenvalue weighted by molar-refractivity contribution is 7.20. The number of nitro groups is 2. The Labute approximate surface area is 423 Å². The predicted octanol–water partition coefficient (Wildman–Crippen LogP) is 19.4. The topological polar surface area (TPSA) is 92.8 Å². The van der Waals surface area contributed by atoms with Gasteiger partial charge in [-0.05, 0) is 136 Å². The minimum atomic E-state index is -0.632. The molecule has 1 aromatic heterocycles. The molecule has 370 valence electrons. The second kappa shape index (κ2) is 23.8. The highest BCUT2D eigenvalue weighted by Crippen LogP contribution is 2.52. The van der Waals surface area contributed by atoms with E-state index in [1.54, 1.807) is 12.1 Å². The Morgan fingerprint density at radius 2 is 0.914 bits per heavy atom. The Balaban J connectivity index is 0.00000260. The van der Waals surface area contributed by atoms with Crippen molar-refractivity contribution in [3.8, 4) is 20.9 Å². The molecule has 0 bridgehead atoms. The van der Waals surface area contributed by atoms with E-state index in [1.807, 2.05) is 70.2 Å². The molecule has 0 aliphatic heterocycles. The third-order valence-electron chi connectivity index (χ3n) is 11.8. The second-order valence-corrected chi connectivity index (χ2v) is 21.6. The van der Waals surface area contributed by atoms with Crippen molar-refractivity contribution in [2.75, 3.05) is 9.80 Å². The van der Waals surface area contributed by atoms with Crippen molar-refractivity contribution in [1.82, 2.24) is 0 Å². The summed E-state index contributed by atoms with van der Waals surface area (Å²) in [5.74, 6) is 0.368. The van der Waals surface area contributed by atoms with Crippen LogP contribution in [0.3, 0.4) is 0 Å². The first-order valence-electron chi connectivity index (χ1n) is 24.5. The normalized spacial score (nSPS) is 12.1. The van der Waals surface area contributed by atoms with Gasteiger partial charge >= 0.3 is 11.4 Å². The predicted molar refractivity (Wildman–Crippen MR) is 302 cm³/mol. The van der Waals surface area contributed by atoms with Gasteiger partial charge in [-0.2, -0.15) is 0 Å². The van der Waals surface area contributed by atoms with Crippen molar-refractivity contribution in [2.24, 2.45) is 11.3 Å². The quantitative estimate of drug-likeness (QED) is 0.0613. The van der Waals surface area contributed by atoms with E-state index in [9.17, 15) is 20.2 Å². The van der Waals surface area contributed by atoms with Crippen molar-refractivity contribution >= 4 is 51.1 Å². The van der Waals surface area contributed by atoms with Crippen LogP contribution in [0.4, 0.5) is 39.8 Å². The van der Waals surface area contributed by atoms with Crippen molar-refractivity contribution in [2.45, 2.75) is 128 Å². The van der Waals surface area contributed by atoms with E-state index in [0.717, 1.165) is 51.9 Å². The zero-order valence-electron chi connectivity index (χ0n) is 44.6. The van der Waals surface area contributed by atoms with Crippen LogP contribution in [0.1, 0.15) is 127 Å². The first-order chi connectivity index (χ1) is 33.0. The first-order valence-corrected chi connectivity index (χ1v) is 25.4. The average molecular weight is 961 g/mol. The first kappa shape index (κ1) is 56.0. The van der Waals surface area contributed by atoms with Gasteiger partial charge in [-0.25, -0.2) is 0 Å². The molecule has 0 N–H and O–H groups in total. The molecule has 6 rings (SSSR count). The summed E-state index contributed by atoms with van der Waals surface area (Å²) in [5, 5.41) is 25.7. The van der Waals surface area contributed by atoms with Gasteiger partial charge < -0.3 is 9.80 Å². The lowest BCUT2D eigenvalue weighted by Gasteiger charge is -2.28. The highest BCUT2D eigenvalue weighted by atomic mass is 32.1. The van der Waals surface area contributed by atoms with E-state index < -0.39 is 21.2 Å². The van der Waals surface area contributed by atoms with E-state index in [-0.39, 0.29) is 26.0 Å². The van der Waals surface area contributed by atoms with Crippen LogP contribution in [-0.4, -0.2) is 9.85 Å². The Kier molecular flexibility index (Phi) is 19.1. The molecule has 0 aliphatic carbocycles. The SMILES string of the molecule is C=C/C(=C\C=C(/C)C(C)C)N(c1ccc(CC(C)(C)C)cc1)c1ccc(-c2sc(-c3ccc(N(c4ccc(C(C)(C)C)cc4)c4ccc(C(C)(C)C)cc4)cc3)c([N+](=O)[O-])c2[N+](=O)[O-])cc1.CC.CC. The summed E-state index contributed by atoms with van der Waals surface area (Å²) in [6, 6.07) is 40.4. The largest absolute Gasteiger partial charge is 0.365 e. The number of allylic oxidation sites excluding steroid dienone is 4. The zero-order chi connectivity index (χ0) is 52.3. The number of nitrogens with zero attached hydrogens (tertiary/aromatic N) is 4.